The molecule has 0 spiro atoms. The second-order valence-electron chi connectivity index (χ2n) is 1.81. The van der Waals surface area contributed by atoms with Crippen LogP contribution >= 0.6 is 35.0 Å². The van der Waals surface area contributed by atoms with Gasteiger partial charge in [-0.25, -0.2) is 4.79 Å². The van der Waals surface area contributed by atoms with E-state index in [0.717, 1.165) is 3.57 Å². The van der Waals surface area contributed by atoms with Gasteiger partial charge in [-0.05, 0) is 46.9 Å². The van der Waals surface area contributed by atoms with Crippen molar-refractivity contribution in [2.45, 2.75) is 0 Å². The summed E-state index contributed by atoms with van der Waals surface area (Å²) >= 11 is 2.13. The summed E-state index contributed by atoms with van der Waals surface area (Å²) in [5, 5.41) is 8.47. The van der Waals surface area contributed by atoms with E-state index in [1.807, 2.05) is 0 Å². The molecule has 0 atom stereocenters. The van der Waals surface area contributed by atoms with Crippen molar-refractivity contribution >= 4 is 41.0 Å². The molecule has 0 aliphatic heterocycles. The molecule has 0 heterocycles. The predicted molar refractivity (Wildman–Crippen MR) is 53.4 cm³/mol. The third-order valence-corrected chi connectivity index (χ3v) is 1.81. The standard InChI is InChI=1S/C7H5IO2.ClH/c8-6-3-1-5(2-4-6)7(9)10;/h1-4H,(H,9,10);1H. The Morgan fingerprint density at radius 1 is 1.27 bits per heavy atom. The molecule has 1 N–H and O–H groups in total. The summed E-state index contributed by atoms with van der Waals surface area (Å²) in [5.41, 5.74) is 0.334. The highest BCUT2D eigenvalue weighted by atomic mass is 127. The third-order valence-electron chi connectivity index (χ3n) is 1.09. The van der Waals surface area contributed by atoms with Gasteiger partial charge in [0.15, 0.2) is 0 Å². The highest BCUT2D eigenvalue weighted by Gasteiger charge is 1.98. The molecule has 0 saturated heterocycles. The Hall–Kier alpha value is -0.290. The van der Waals surface area contributed by atoms with Gasteiger partial charge in [0.1, 0.15) is 0 Å². The van der Waals surface area contributed by atoms with Gasteiger partial charge in [-0.3, -0.25) is 0 Å². The zero-order valence-electron chi connectivity index (χ0n) is 5.45. The SMILES string of the molecule is Cl.O=C(O)c1ccc(I)cc1. The van der Waals surface area contributed by atoms with E-state index in [0.29, 0.717) is 5.56 Å². The van der Waals surface area contributed by atoms with Crippen molar-refractivity contribution in [3.05, 3.63) is 33.4 Å². The fraction of sp³-hybridized carbons (Fsp3) is 0. The number of aromatic carboxylic acids is 1. The molecular formula is C7H6ClIO2. The molecule has 1 rings (SSSR count). The molecule has 11 heavy (non-hydrogen) atoms. The lowest BCUT2D eigenvalue weighted by molar-refractivity contribution is 0.0697. The number of hydrogen-bond acceptors (Lipinski definition) is 1. The molecular weight excluding hydrogens is 278 g/mol. The van der Waals surface area contributed by atoms with Crippen LogP contribution in [0.3, 0.4) is 0 Å². The lowest BCUT2D eigenvalue weighted by Crippen LogP contribution is -1.94. The van der Waals surface area contributed by atoms with E-state index in [1.165, 1.54) is 0 Å². The number of carboxylic acid groups (broad SMARTS) is 1. The highest BCUT2D eigenvalue weighted by molar-refractivity contribution is 14.1. The van der Waals surface area contributed by atoms with E-state index in [1.54, 1.807) is 24.3 Å². The molecule has 4 heteroatoms. The Kier molecular flexibility index (Phi) is 4.44. The molecule has 0 aliphatic rings. The predicted octanol–water partition coefficient (Wildman–Crippen LogP) is 2.41. The lowest BCUT2D eigenvalue weighted by atomic mass is 10.2. The number of carboxylic acids is 1. The van der Waals surface area contributed by atoms with E-state index in [9.17, 15) is 4.79 Å². The van der Waals surface area contributed by atoms with Crippen LogP contribution in [0.1, 0.15) is 10.4 Å². The average molecular weight is 284 g/mol. The van der Waals surface area contributed by atoms with Crippen LogP contribution in [0.15, 0.2) is 24.3 Å². The van der Waals surface area contributed by atoms with Crippen LogP contribution in [0, 0.1) is 3.57 Å². The Bertz CT molecular complexity index is 245. The van der Waals surface area contributed by atoms with E-state index in [2.05, 4.69) is 22.6 Å². The third kappa shape index (κ3) is 3.07. The molecule has 0 aliphatic carbocycles. The fourth-order valence-corrected chi connectivity index (χ4v) is 0.952. The van der Waals surface area contributed by atoms with Crippen molar-refractivity contribution < 1.29 is 9.90 Å². The maximum absolute atomic E-state index is 10.3. The molecule has 1 aromatic carbocycles. The van der Waals surface area contributed by atoms with E-state index in [-0.39, 0.29) is 12.4 Å². The fourth-order valence-electron chi connectivity index (χ4n) is 0.592. The van der Waals surface area contributed by atoms with Gasteiger partial charge in [-0.1, -0.05) is 0 Å². The smallest absolute Gasteiger partial charge is 0.335 e. The average Bonchev–Trinajstić information content (AvgIpc) is 1.88. The highest BCUT2D eigenvalue weighted by Crippen LogP contribution is 2.05. The van der Waals surface area contributed by atoms with E-state index < -0.39 is 5.97 Å². The first kappa shape index (κ1) is 10.7. The van der Waals surface area contributed by atoms with Gasteiger partial charge in [0, 0.05) is 3.57 Å². The lowest BCUT2D eigenvalue weighted by Gasteiger charge is -1.91. The van der Waals surface area contributed by atoms with Gasteiger partial charge in [0.2, 0.25) is 0 Å². The first-order valence-electron chi connectivity index (χ1n) is 2.69. The largest absolute Gasteiger partial charge is 0.478 e. The summed E-state index contributed by atoms with van der Waals surface area (Å²) in [5.74, 6) is -0.878. The summed E-state index contributed by atoms with van der Waals surface area (Å²) in [6, 6.07) is 6.71. The molecule has 0 unspecified atom stereocenters. The Balaban J connectivity index is 0.000001000. The number of rotatable bonds is 1. The van der Waals surface area contributed by atoms with Crippen LogP contribution in [0.4, 0.5) is 0 Å². The Labute approximate surface area is 84.2 Å². The molecule has 0 amide bonds. The van der Waals surface area contributed by atoms with Crippen LogP contribution in [-0.2, 0) is 0 Å². The van der Waals surface area contributed by atoms with Gasteiger partial charge >= 0.3 is 5.97 Å². The molecule has 2 nitrogen and oxygen atoms in total. The minimum absolute atomic E-state index is 0. The summed E-state index contributed by atoms with van der Waals surface area (Å²) in [6.45, 7) is 0. The van der Waals surface area contributed by atoms with Gasteiger partial charge < -0.3 is 5.11 Å². The summed E-state index contributed by atoms with van der Waals surface area (Å²) in [4.78, 5) is 10.3. The van der Waals surface area contributed by atoms with Gasteiger partial charge in [-0.15, -0.1) is 12.4 Å². The van der Waals surface area contributed by atoms with Crippen LogP contribution in [0.2, 0.25) is 0 Å². The van der Waals surface area contributed by atoms with Crippen molar-refractivity contribution in [3.63, 3.8) is 0 Å². The van der Waals surface area contributed by atoms with Crippen molar-refractivity contribution in [3.8, 4) is 0 Å². The van der Waals surface area contributed by atoms with Crippen molar-refractivity contribution in [1.29, 1.82) is 0 Å². The normalized spacial score (nSPS) is 8.45. The first-order chi connectivity index (χ1) is 4.70. The second kappa shape index (κ2) is 4.56. The molecule has 0 fully saturated rings. The van der Waals surface area contributed by atoms with Crippen LogP contribution in [0.5, 0.6) is 0 Å². The minimum Gasteiger partial charge on any atom is -0.478 e. The number of halogens is 2. The number of carbonyl (C=O) groups is 1. The van der Waals surface area contributed by atoms with Crippen LogP contribution < -0.4 is 0 Å². The first-order valence-corrected chi connectivity index (χ1v) is 3.77. The molecule has 0 radical (unpaired) electrons. The monoisotopic (exact) mass is 284 g/mol. The summed E-state index contributed by atoms with van der Waals surface area (Å²) < 4.78 is 1.04. The van der Waals surface area contributed by atoms with Crippen molar-refractivity contribution in [1.82, 2.24) is 0 Å². The Morgan fingerprint density at radius 2 is 1.73 bits per heavy atom. The van der Waals surface area contributed by atoms with Crippen LogP contribution in [0.25, 0.3) is 0 Å². The molecule has 1 aromatic rings. The Morgan fingerprint density at radius 3 is 2.09 bits per heavy atom. The topological polar surface area (TPSA) is 37.3 Å². The summed E-state index contributed by atoms with van der Waals surface area (Å²) in [6.07, 6.45) is 0. The minimum atomic E-state index is -0.878. The molecule has 60 valence electrons. The maximum Gasteiger partial charge on any atom is 0.335 e. The zero-order chi connectivity index (χ0) is 7.56. The van der Waals surface area contributed by atoms with E-state index in [4.69, 9.17) is 5.11 Å². The van der Waals surface area contributed by atoms with Gasteiger partial charge in [-0.2, -0.15) is 0 Å². The van der Waals surface area contributed by atoms with Crippen molar-refractivity contribution in [2.75, 3.05) is 0 Å². The van der Waals surface area contributed by atoms with Crippen molar-refractivity contribution in [2.24, 2.45) is 0 Å². The summed E-state index contributed by atoms with van der Waals surface area (Å²) in [7, 11) is 0. The maximum atomic E-state index is 10.3. The van der Waals surface area contributed by atoms with Crippen LogP contribution in [-0.4, -0.2) is 11.1 Å². The second-order valence-corrected chi connectivity index (χ2v) is 3.06. The quantitative estimate of drug-likeness (QED) is 0.804. The molecule has 0 bridgehead atoms. The number of benzene rings is 1. The van der Waals surface area contributed by atoms with Gasteiger partial charge in [0.25, 0.3) is 0 Å². The number of hydrogen-bond donors (Lipinski definition) is 1. The molecule has 0 aromatic heterocycles. The molecule has 0 saturated carbocycles. The zero-order valence-corrected chi connectivity index (χ0v) is 8.43. The van der Waals surface area contributed by atoms with Gasteiger partial charge in [0.05, 0.1) is 5.56 Å². The van der Waals surface area contributed by atoms with E-state index >= 15 is 0 Å².